The molecule has 0 spiro atoms. The van der Waals surface area contributed by atoms with Crippen LogP contribution in [0, 0.1) is 0 Å². The van der Waals surface area contributed by atoms with Crippen molar-refractivity contribution in [1.29, 1.82) is 0 Å². The van der Waals surface area contributed by atoms with Crippen LogP contribution in [0.5, 0.6) is 0 Å². The van der Waals surface area contributed by atoms with E-state index in [1.807, 2.05) is 0 Å². The van der Waals surface area contributed by atoms with Gasteiger partial charge in [0.25, 0.3) is 11.8 Å². The van der Waals surface area contributed by atoms with Crippen molar-refractivity contribution in [2.24, 2.45) is 0 Å². The zero-order chi connectivity index (χ0) is 14.7. The minimum atomic E-state index is -4.70. The lowest BCUT2D eigenvalue weighted by molar-refractivity contribution is -0.136. The standard InChI is InChI=1S/C14H8F3NO2/c1-18-12(19)9-6-7-4-2-3-5-8(7)11(14(15,16)17)10(9)13(18)20/h2-6H,1H3. The van der Waals surface area contributed by atoms with Crippen molar-refractivity contribution in [3.63, 3.8) is 0 Å². The van der Waals surface area contributed by atoms with Gasteiger partial charge in [-0.05, 0) is 16.8 Å². The summed E-state index contributed by atoms with van der Waals surface area (Å²) in [5.41, 5.74) is -1.78. The first kappa shape index (κ1) is 12.7. The molecule has 1 heterocycles. The van der Waals surface area contributed by atoms with Gasteiger partial charge in [0.2, 0.25) is 0 Å². The van der Waals surface area contributed by atoms with E-state index >= 15 is 0 Å². The van der Waals surface area contributed by atoms with Crippen molar-refractivity contribution >= 4 is 22.6 Å². The van der Waals surface area contributed by atoms with Gasteiger partial charge in [-0.15, -0.1) is 0 Å². The molecular formula is C14H8F3NO2. The maximum absolute atomic E-state index is 13.3. The number of carbonyl (C=O) groups is 2. The molecule has 3 rings (SSSR count). The Morgan fingerprint density at radius 3 is 2.35 bits per heavy atom. The molecule has 2 aromatic rings. The lowest BCUT2D eigenvalue weighted by atomic mass is 9.95. The third-order valence-electron chi connectivity index (χ3n) is 3.39. The molecule has 0 radical (unpaired) electrons. The molecule has 1 aliphatic rings. The molecule has 0 fully saturated rings. The summed E-state index contributed by atoms with van der Waals surface area (Å²) in [7, 11) is 1.18. The molecule has 0 saturated carbocycles. The van der Waals surface area contributed by atoms with Crippen LogP contribution in [0.25, 0.3) is 10.8 Å². The molecule has 0 N–H and O–H groups in total. The molecule has 0 bridgehead atoms. The first-order chi connectivity index (χ1) is 9.32. The van der Waals surface area contributed by atoms with Crippen molar-refractivity contribution in [2.45, 2.75) is 6.18 Å². The SMILES string of the molecule is CN1C(=O)c2cc3ccccc3c(C(F)(F)F)c2C1=O. The summed E-state index contributed by atoms with van der Waals surface area (Å²) in [4.78, 5) is 24.5. The second-order valence-corrected chi connectivity index (χ2v) is 4.56. The molecule has 0 aliphatic carbocycles. The Labute approximate surface area is 111 Å². The fourth-order valence-electron chi connectivity index (χ4n) is 2.47. The van der Waals surface area contributed by atoms with E-state index in [9.17, 15) is 22.8 Å². The topological polar surface area (TPSA) is 37.4 Å². The van der Waals surface area contributed by atoms with E-state index in [0.29, 0.717) is 4.90 Å². The fourth-order valence-corrected chi connectivity index (χ4v) is 2.47. The number of hydrogen-bond acceptors (Lipinski definition) is 2. The molecule has 3 nitrogen and oxygen atoms in total. The predicted octanol–water partition coefficient (Wildman–Crippen LogP) is 3.08. The van der Waals surface area contributed by atoms with Gasteiger partial charge >= 0.3 is 6.18 Å². The highest BCUT2D eigenvalue weighted by atomic mass is 19.4. The average Bonchev–Trinajstić information content (AvgIpc) is 2.60. The fraction of sp³-hybridized carbons (Fsp3) is 0.143. The molecule has 2 amide bonds. The van der Waals surface area contributed by atoms with Crippen LogP contribution < -0.4 is 0 Å². The van der Waals surface area contributed by atoms with Crippen LogP contribution in [0.4, 0.5) is 13.2 Å². The normalized spacial score (nSPS) is 15.1. The Morgan fingerprint density at radius 1 is 1.05 bits per heavy atom. The van der Waals surface area contributed by atoms with Crippen LogP contribution in [0.15, 0.2) is 30.3 Å². The third kappa shape index (κ3) is 1.54. The van der Waals surface area contributed by atoms with Crippen molar-refractivity contribution in [1.82, 2.24) is 4.90 Å². The van der Waals surface area contributed by atoms with Gasteiger partial charge in [0.1, 0.15) is 0 Å². The van der Waals surface area contributed by atoms with E-state index in [1.165, 1.54) is 31.3 Å². The Balaban J connectivity index is 2.52. The van der Waals surface area contributed by atoms with Gasteiger partial charge in [-0.1, -0.05) is 24.3 Å². The summed E-state index contributed by atoms with van der Waals surface area (Å²) in [5.74, 6) is -1.62. The number of fused-ring (bicyclic) bond motifs is 2. The summed E-state index contributed by atoms with van der Waals surface area (Å²) < 4.78 is 40.0. The van der Waals surface area contributed by atoms with Crippen LogP contribution in [-0.4, -0.2) is 23.8 Å². The molecule has 0 atom stereocenters. The lowest BCUT2D eigenvalue weighted by Crippen LogP contribution is -2.25. The molecule has 6 heteroatoms. The van der Waals surface area contributed by atoms with Crippen LogP contribution in [0.2, 0.25) is 0 Å². The number of halogens is 3. The van der Waals surface area contributed by atoms with Gasteiger partial charge in [0.05, 0.1) is 16.7 Å². The van der Waals surface area contributed by atoms with Crippen molar-refractivity contribution in [3.05, 3.63) is 47.0 Å². The molecule has 0 aromatic heterocycles. The number of amides is 2. The second-order valence-electron chi connectivity index (χ2n) is 4.56. The van der Waals surface area contributed by atoms with Gasteiger partial charge in [-0.25, -0.2) is 0 Å². The molecule has 2 aromatic carbocycles. The molecular weight excluding hydrogens is 271 g/mol. The van der Waals surface area contributed by atoms with Crippen LogP contribution in [0.3, 0.4) is 0 Å². The minimum absolute atomic E-state index is 0.0739. The molecule has 102 valence electrons. The van der Waals surface area contributed by atoms with E-state index in [2.05, 4.69) is 0 Å². The Morgan fingerprint density at radius 2 is 1.70 bits per heavy atom. The Hall–Kier alpha value is -2.37. The second kappa shape index (κ2) is 3.82. The first-order valence-electron chi connectivity index (χ1n) is 5.77. The summed E-state index contributed by atoms with van der Waals surface area (Å²) in [6.07, 6.45) is -4.70. The Kier molecular flexibility index (Phi) is 2.41. The van der Waals surface area contributed by atoms with E-state index in [0.717, 1.165) is 0 Å². The van der Waals surface area contributed by atoms with Crippen LogP contribution in [-0.2, 0) is 6.18 Å². The third-order valence-corrected chi connectivity index (χ3v) is 3.39. The maximum Gasteiger partial charge on any atom is 0.417 e. The van der Waals surface area contributed by atoms with Gasteiger partial charge in [0.15, 0.2) is 0 Å². The zero-order valence-electron chi connectivity index (χ0n) is 10.3. The minimum Gasteiger partial charge on any atom is -0.277 e. The largest absolute Gasteiger partial charge is 0.417 e. The Bertz CT molecular complexity index is 765. The zero-order valence-corrected chi connectivity index (χ0v) is 10.3. The number of rotatable bonds is 0. The number of alkyl halides is 3. The smallest absolute Gasteiger partial charge is 0.277 e. The highest BCUT2D eigenvalue weighted by molar-refractivity contribution is 6.24. The lowest BCUT2D eigenvalue weighted by Gasteiger charge is -2.13. The monoisotopic (exact) mass is 279 g/mol. The van der Waals surface area contributed by atoms with Gasteiger partial charge in [-0.2, -0.15) is 13.2 Å². The predicted molar refractivity (Wildman–Crippen MR) is 65.4 cm³/mol. The summed E-state index contributed by atoms with van der Waals surface area (Å²) >= 11 is 0. The van der Waals surface area contributed by atoms with Gasteiger partial charge in [-0.3, -0.25) is 14.5 Å². The van der Waals surface area contributed by atoms with Crippen LogP contribution >= 0.6 is 0 Å². The maximum atomic E-state index is 13.3. The highest BCUT2D eigenvalue weighted by Crippen LogP contribution is 2.41. The molecule has 1 aliphatic heterocycles. The van der Waals surface area contributed by atoms with E-state index < -0.39 is 29.1 Å². The van der Waals surface area contributed by atoms with Crippen molar-refractivity contribution < 1.29 is 22.8 Å². The van der Waals surface area contributed by atoms with Crippen molar-refractivity contribution in [2.75, 3.05) is 7.05 Å². The van der Waals surface area contributed by atoms with Gasteiger partial charge in [0, 0.05) is 7.05 Å². The quantitative estimate of drug-likeness (QED) is 0.695. The molecule has 0 unspecified atom stereocenters. The van der Waals surface area contributed by atoms with Crippen molar-refractivity contribution in [3.8, 4) is 0 Å². The number of imide groups is 1. The number of benzene rings is 2. The number of hydrogen-bond donors (Lipinski definition) is 0. The summed E-state index contributed by atoms with van der Waals surface area (Å²) in [6.45, 7) is 0. The average molecular weight is 279 g/mol. The number of carbonyl (C=O) groups excluding carboxylic acids is 2. The van der Waals surface area contributed by atoms with Crippen LogP contribution in [0.1, 0.15) is 26.3 Å². The number of nitrogens with zero attached hydrogens (tertiary/aromatic N) is 1. The summed E-state index contributed by atoms with van der Waals surface area (Å²) in [5, 5.41) is 0.213. The van der Waals surface area contributed by atoms with Gasteiger partial charge < -0.3 is 0 Å². The van der Waals surface area contributed by atoms with E-state index in [4.69, 9.17) is 0 Å². The molecule has 20 heavy (non-hydrogen) atoms. The first-order valence-corrected chi connectivity index (χ1v) is 5.77. The summed E-state index contributed by atoms with van der Waals surface area (Å²) in [6, 6.07) is 7.17. The molecule has 0 saturated heterocycles. The van der Waals surface area contributed by atoms with E-state index in [1.54, 1.807) is 6.07 Å². The highest BCUT2D eigenvalue weighted by Gasteiger charge is 2.44. The van der Waals surface area contributed by atoms with E-state index in [-0.39, 0.29) is 16.3 Å².